The summed E-state index contributed by atoms with van der Waals surface area (Å²) in [6.07, 6.45) is 2.64. The molecule has 0 atom stereocenters. The first-order valence-electron chi connectivity index (χ1n) is 10.5. The van der Waals surface area contributed by atoms with Gasteiger partial charge in [0, 0.05) is 52.2 Å². The van der Waals surface area contributed by atoms with Gasteiger partial charge in [-0.25, -0.2) is 4.39 Å². The minimum absolute atomic E-state index is 0. The van der Waals surface area contributed by atoms with Crippen LogP contribution in [-0.2, 0) is 13.0 Å². The number of para-hydroxylation sites is 1. The van der Waals surface area contributed by atoms with Crippen LogP contribution in [-0.4, -0.2) is 64.9 Å². The van der Waals surface area contributed by atoms with E-state index in [-0.39, 0.29) is 29.8 Å². The summed E-state index contributed by atoms with van der Waals surface area (Å²) in [6, 6.07) is 6.99. The lowest BCUT2D eigenvalue weighted by molar-refractivity contribution is 0.368. The quantitative estimate of drug-likeness (QED) is 0.340. The van der Waals surface area contributed by atoms with E-state index in [2.05, 4.69) is 50.7 Å². The number of nitrogens with one attached hydrogen (secondary N) is 1. The average Bonchev–Trinajstić information content (AvgIpc) is 3.18. The lowest BCUT2D eigenvalue weighted by Crippen LogP contribution is -2.53. The molecule has 1 N–H and O–H groups in total. The molecule has 1 aliphatic rings. The molecule has 0 bridgehead atoms. The highest BCUT2D eigenvalue weighted by atomic mass is 127. The fourth-order valence-electron chi connectivity index (χ4n) is 3.43. The molecule has 0 aliphatic carbocycles. The molecule has 2 aromatic rings. The Morgan fingerprint density at radius 1 is 1.20 bits per heavy atom. The Hall–Kier alpha value is -1.91. The number of halogens is 2. The number of aromatic nitrogens is 3. The van der Waals surface area contributed by atoms with Gasteiger partial charge >= 0.3 is 0 Å². The molecular formula is C21H33FIN7. The molecule has 1 fully saturated rings. The summed E-state index contributed by atoms with van der Waals surface area (Å²) in [4.78, 5) is 9.20. The van der Waals surface area contributed by atoms with Gasteiger partial charge in [-0.05, 0) is 18.1 Å². The van der Waals surface area contributed by atoms with Crippen molar-refractivity contribution in [2.75, 3.05) is 44.2 Å². The maximum Gasteiger partial charge on any atom is 0.194 e. The van der Waals surface area contributed by atoms with Crippen LogP contribution in [0, 0.1) is 11.7 Å². The second-order valence-electron chi connectivity index (χ2n) is 7.70. The van der Waals surface area contributed by atoms with Crippen molar-refractivity contribution < 1.29 is 4.39 Å². The van der Waals surface area contributed by atoms with Crippen LogP contribution in [0.25, 0.3) is 0 Å². The van der Waals surface area contributed by atoms with Crippen LogP contribution in [0.3, 0.4) is 0 Å². The molecule has 0 saturated carbocycles. The molecule has 1 aliphatic heterocycles. The Balaban J connectivity index is 0.00000320. The number of hydrogen-bond acceptors (Lipinski definition) is 4. The van der Waals surface area contributed by atoms with E-state index in [1.165, 1.54) is 6.07 Å². The van der Waals surface area contributed by atoms with Crippen molar-refractivity contribution in [3.05, 3.63) is 42.2 Å². The summed E-state index contributed by atoms with van der Waals surface area (Å²) < 4.78 is 16.2. The van der Waals surface area contributed by atoms with E-state index in [4.69, 9.17) is 4.99 Å². The third kappa shape index (κ3) is 6.55. The van der Waals surface area contributed by atoms with Gasteiger partial charge < -0.3 is 19.7 Å². The number of hydrogen-bond donors (Lipinski definition) is 1. The molecule has 7 nitrogen and oxygen atoms in total. The smallest absolute Gasteiger partial charge is 0.194 e. The van der Waals surface area contributed by atoms with E-state index in [1.807, 2.05) is 12.1 Å². The Labute approximate surface area is 195 Å². The summed E-state index contributed by atoms with van der Waals surface area (Å²) in [6.45, 7) is 11.9. The van der Waals surface area contributed by atoms with E-state index < -0.39 is 0 Å². The van der Waals surface area contributed by atoms with Crippen molar-refractivity contribution in [1.82, 2.24) is 25.0 Å². The highest BCUT2D eigenvalue weighted by Crippen LogP contribution is 2.20. The first-order valence-corrected chi connectivity index (χ1v) is 10.5. The van der Waals surface area contributed by atoms with Gasteiger partial charge in [-0.1, -0.05) is 32.9 Å². The van der Waals surface area contributed by atoms with Gasteiger partial charge in [0.05, 0.1) is 5.69 Å². The monoisotopic (exact) mass is 529 g/mol. The first kappa shape index (κ1) is 24.4. The molecule has 1 aromatic carbocycles. The second-order valence-corrected chi connectivity index (χ2v) is 7.70. The number of rotatable bonds is 7. The molecule has 166 valence electrons. The maximum atomic E-state index is 14.1. The van der Waals surface area contributed by atoms with Crippen molar-refractivity contribution >= 4 is 35.6 Å². The number of guanidine groups is 1. The number of aliphatic imine (C=N–C) groups is 1. The lowest BCUT2D eigenvalue weighted by atomic mass is 10.2. The molecule has 0 radical (unpaired) electrons. The topological polar surface area (TPSA) is 61.6 Å². The summed E-state index contributed by atoms with van der Waals surface area (Å²) in [5.74, 6) is 2.26. The molecular weight excluding hydrogens is 496 g/mol. The van der Waals surface area contributed by atoms with Crippen molar-refractivity contribution in [1.29, 1.82) is 0 Å². The molecule has 30 heavy (non-hydrogen) atoms. The largest absolute Gasteiger partial charge is 0.366 e. The zero-order valence-electron chi connectivity index (χ0n) is 18.1. The Morgan fingerprint density at radius 2 is 1.93 bits per heavy atom. The minimum Gasteiger partial charge on any atom is -0.366 e. The minimum atomic E-state index is -0.159. The summed E-state index contributed by atoms with van der Waals surface area (Å²) >= 11 is 0. The Bertz CT molecular complexity index is 800. The number of benzene rings is 1. The summed E-state index contributed by atoms with van der Waals surface area (Å²) in [7, 11) is 0. The average molecular weight is 529 g/mol. The normalized spacial score (nSPS) is 14.8. The number of nitrogens with zero attached hydrogens (tertiary/aromatic N) is 6. The molecule has 9 heteroatoms. The highest BCUT2D eigenvalue weighted by Gasteiger charge is 2.21. The van der Waals surface area contributed by atoms with Gasteiger partial charge in [-0.3, -0.25) is 4.99 Å². The first-order chi connectivity index (χ1) is 14.1. The molecule has 1 aromatic heterocycles. The van der Waals surface area contributed by atoms with Gasteiger partial charge in [0.25, 0.3) is 0 Å². The van der Waals surface area contributed by atoms with Gasteiger partial charge in [0.1, 0.15) is 18.0 Å². The van der Waals surface area contributed by atoms with Gasteiger partial charge in [-0.2, -0.15) is 0 Å². The van der Waals surface area contributed by atoms with Crippen LogP contribution < -0.4 is 10.2 Å². The van der Waals surface area contributed by atoms with Crippen molar-refractivity contribution in [3.8, 4) is 0 Å². The van der Waals surface area contributed by atoms with E-state index in [0.29, 0.717) is 11.6 Å². The number of piperazine rings is 1. The predicted octanol–water partition coefficient (Wildman–Crippen LogP) is 3.02. The fraction of sp³-hybridized carbons (Fsp3) is 0.571. The molecule has 0 spiro atoms. The lowest BCUT2D eigenvalue weighted by Gasteiger charge is -2.38. The van der Waals surface area contributed by atoms with Crippen LogP contribution in [0.2, 0.25) is 0 Å². The van der Waals surface area contributed by atoms with Crippen molar-refractivity contribution in [2.45, 2.75) is 33.7 Å². The fourth-order valence-corrected chi connectivity index (χ4v) is 3.43. The molecule has 1 saturated heterocycles. The van der Waals surface area contributed by atoms with Crippen LogP contribution in [0.5, 0.6) is 0 Å². The zero-order valence-corrected chi connectivity index (χ0v) is 20.4. The summed E-state index contributed by atoms with van der Waals surface area (Å²) in [5, 5.41) is 11.6. The molecule has 2 heterocycles. The van der Waals surface area contributed by atoms with E-state index >= 15 is 0 Å². The zero-order chi connectivity index (χ0) is 20.6. The van der Waals surface area contributed by atoms with E-state index in [9.17, 15) is 4.39 Å². The number of anilines is 1. The maximum absolute atomic E-state index is 14.1. The molecule has 3 rings (SSSR count). The van der Waals surface area contributed by atoms with E-state index in [0.717, 1.165) is 64.0 Å². The Morgan fingerprint density at radius 3 is 2.60 bits per heavy atom. The third-order valence-corrected chi connectivity index (χ3v) is 5.03. The van der Waals surface area contributed by atoms with Gasteiger partial charge in [0.15, 0.2) is 5.96 Å². The number of aryl methyl sites for hydroxylation is 1. The van der Waals surface area contributed by atoms with Gasteiger partial charge in [0.2, 0.25) is 0 Å². The summed E-state index contributed by atoms with van der Waals surface area (Å²) in [5.41, 5.74) is 0.681. The predicted molar refractivity (Wildman–Crippen MR) is 130 cm³/mol. The van der Waals surface area contributed by atoms with Crippen molar-refractivity contribution in [3.63, 3.8) is 0 Å². The molecule has 0 amide bonds. The van der Waals surface area contributed by atoms with Crippen LogP contribution in [0.4, 0.5) is 10.1 Å². The van der Waals surface area contributed by atoms with Crippen LogP contribution in [0.15, 0.2) is 35.6 Å². The van der Waals surface area contributed by atoms with E-state index in [1.54, 1.807) is 12.4 Å². The standard InChI is InChI=1S/C21H32FN7.HI/c1-4-20-26-25-16-29(20)10-9-23-21(24-15-17(2)3)28-13-11-27(12-14-28)19-8-6-5-7-18(19)22;/h5-8,16-17H,4,9-15H2,1-3H3,(H,23,24);1H. The second kappa shape index (κ2) is 12.1. The highest BCUT2D eigenvalue weighted by molar-refractivity contribution is 14.0. The van der Waals surface area contributed by atoms with Crippen LogP contribution in [0.1, 0.15) is 26.6 Å². The van der Waals surface area contributed by atoms with Crippen molar-refractivity contribution in [2.24, 2.45) is 10.9 Å². The van der Waals surface area contributed by atoms with Crippen LogP contribution >= 0.6 is 24.0 Å². The third-order valence-electron chi connectivity index (χ3n) is 5.03. The molecule has 0 unspecified atom stereocenters. The van der Waals surface area contributed by atoms with Gasteiger partial charge in [-0.15, -0.1) is 34.2 Å². The Kier molecular flexibility index (Phi) is 9.80. The SMILES string of the molecule is CCc1nncn1CCNC(=NCC(C)C)N1CCN(c2ccccc2F)CC1.I.